The molecule has 0 unspecified atom stereocenters. The third-order valence-electron chi connectivity index (χ3n) is 6.32. The van der Waals surface area contributed by atoms with Crippen LogP contribution in [0, 0.1) is 6.92 Å². The molecule has 8 nitrogen and oxygen atoms in total. The van der Waals surface area contributed by atoms with Gasteiger partial charge >= 0.3 is 6.09 Å². The molecule has 0 saturated heterocycles. The second-order valence-electron chi connectivity index (χ2n) is 9.00. The van der Waals surface area contributed by atoms with E-state index in [2.05, 4.69) is 5.32 Å². The summed E-state index contributed by atoms with van der Waals surface area (Å²) < 4.78 is 31.8. The van der Waals surface area contributed by atoms with Crippen LogP contribution in [0.2, 0.25) is 0 Å². The van der Waals surface area contributed by atoms with Gasteiger partial charge in [0.25, 0.3) is 0 Å². The molecule has 5 rings (SSSR count). The van der Waals surface area contributed by atoms with Gasteiger partial charge in [-0.25, -0.2) is 18.2 Å². The molecule has 11 heteroatoms. The van der Waals surface area contributed by atoms with Crippen LogP contribution in [-0.2, 0) is 32.3 Å². The van der Waals surface area contributed by atoms with Gasteiger partial charge in [-0.3, -0.25) is 4.79 Å². The fourth-order valence-electron chi connectivity index (χ4n) is 4.35. The van der Waals surface area contributed by atoms with Crippen molar-refractivity contribution < 1.29 is 22.7 Å². The van der Waals surface area contributed by atoms with E-state index in [4.69, 9.17) is 9.72 Å². The molecule has 2 amide bonds. The summed E-state index contributed by atoms with van der Waals surface area (Å²) in [5.41, 5.74) is 3.74. The van der Waals surface area contributed by atoms with Gasteiger partial charge in [-0.1, -0.05) is 29.8 Å². The smallest absolute Gasteiger partial charge is 0.410 e. The number of hydrogen-bond donors (Lipinski definition) is 1. The van der Waals surface area contributed by atoms with Crippen molar-refractivity contribution in [3.05, 3.63) is 64.5 Å². The number of nitrogens with zero attached hydrogens (tertiary/aromatic N) is 2. The molecule has 0 saturated carbocycles. The highest BCUT2D eigenvalue weighted by Crippen LogP contribution is 2.45. The first kappa shape index (κ1) is 26.3. The van der Waals surface area contributed by atoms with Crippen molar-refractivity contribution in [1.29, 1.82) is 0 Å². The Morgan fingerprint density at radius 3 is 2.61 bits per heavy atom. The molecule has 0 bridgehead atoms. The number of ether oxygens (including phenoxy) is 1. The lowest BCUT2D eigenvalue weighted by Crippen LogP contribution is -2.35. The predicted octanol–water partition coefficient (Wildman–Crippen LogP) is 5.65. The average Bonchev–Trinajstić information content (AvgIpc) is 3.48. The minimum absolute atomic E-state index is 0.174. The molecule has 0 atom stereocenters. The number of benzene rings is 2. The third kappa shape index (κ3) is 5.45. The molecule has 0 fully saturated rings. The van der Waals surface area contributed by atoms with Crippen molar-refractivity contribution in [1.82, 2.24) is 9.88 Å². The number of carbonyl (C=O) groups is 2. The molecule has 3 heterocycles. The van der Waals surface area contributed by atoms with Crippen molar-refractivity contribution in [3.63, 3.8) is 0 Å². The highest BCUT2D eigenvalue weighted by atomic mass is 32.2. The SMILES string of the molecule is CCOC(=O)N1CCc2c(sc(NC(=O)CCS(=O)(=O)c3ccc(C)cc3)c2-c2nc3ccccc3s2)C1. The number of aryl methyl sites for hydroxylation is 1. The van der Waals surface area contributed by atoms with Crippen LogP contribution >= 0.6 is 22.7 Å². The predicted molar refractivity (Wildman–Crippen MR) is 151 cm³/mol. The first-order valence-electron chi connectivity index (χ1n) is 12.3. The van der Waals surface area contributed by atoms with Crippen molar-refractivity contribution in [2.75, 3.05) is 24.2 Å². The molecule has 4 aromatic rings. The van der Waals surface area contributed by atoms with Crippen molar-refractivity contribution in [2.45, 2.75) is 38.1 Å². The number of thiophene rings is 1. The first-order chi connectivity index (χ1) is 18.2. The molecule has 2 aromatic heterocycles. The summed E-state index contributed by atoms with van der Waals surface area (Å²) in [6, 6.07) is 14.5. The van der Waals surface area contributed by atoms with E-state index in [-0.39, 0.29) is 29.1 Å². The zero-order valence-corrected chi connectivity index (χ0v) is 23.5. The average molecular weight is 570 g/mol. The number of rotatable bonds is 7. The fraction of sp³-hybridized carbons (Fsp3) is 0.296. The standard InChI is InChI=1S/C27H27N3O5S3/c1-3-35-27(32)30-14-12-19-22(16-30)37-26(24(19)25-28-20-6-4-5-7-21(20)36-25)29-23(31)13-15-38(33,34)18-10-8-17(2)9-11-18/h4-11H,3,12-16H2,1-2H3,(H,29,31). The Hall–Kier alpha value is -3.28. The lowest BCUT2D eigenvalue weighted by molar-refractivity contribution is -0.115. The molecule has 0 radical (unpaired) electrons. The van der Waals surface area contributed by atoms with E-state index in [1.165, 1.54) is 11.3 Å². The Labute approximate surface area is 229 Å². The minimum Gasteiger partial charge on any atom is -0.450 e. The highest BCUT2D eigenvalue weighted by Gasteiger charge is 2.30. The molecule has 1 aliphatic heterocycles. The lowest BCUT2D eigenvalue weighted by atomic mass is 10.0. The largest absolute Gasteiger partial charge is 0.450 e. The third-order valence-corrected chi connectivity index (χ3v) is 10.2. The van der Waals surface area contributed by atoms with Gasteiger partial charge in [0.15, 0.2) is 9.84 Å². The topological polar surface area (TPSA) is 106 Å². The molecular weight excluding hydrogens is 543 g/mol. The second kappa shape index (κ2) is 10.8. The number of hydrogen-bond acceptors (Lipinski definition) is 8. The number of amides is 2. The maximum absolute atomic E-state index is 13.0. The number of sulfone groups is 1. The molecule has 1 N–H and O–H groups in total. The minimum atomic E-state index is -3.59. The van der Waals surface area contributed by atoms with Gasteiger partial charge in [0.1, 0.15) is 10.0 Å². The molecule has 198 valence electrons. The van der Waals surface area contributed by atoms with E-state index >= 15 is 0 Å². The van der Waals surface area contributed by atoms with Crippen LogP contribution in [0.25, 0.3) is 20.8 Å². The van der Waals surface area contributed by atoms with E-state index in [0.717, 1.165) is 36.8 Å². The highest BCUT2D eigenvalue weighted by molar-refractivity contribution is 7.91. The zero-order valence-electron chi connectivity index (χ0n) is 21.0. The summed E-state index contributed by atoms with van der Waals surface area (Å²) in [5.74, 6) is -0.677. The van der Waals surface area contributed by atoms with Crippen LogP contribution in [0.4, 0.5) is 9.80 Å². The summed E-state index contributed by atoms with van der Waals surface area (Å²) in [7, 11) is -3.59. The van der Waals surface area contributed by atoms with Crippen LogP contribution in [-0.4, -0.2) is 49.2 Å². The molecule has 0 aliphatic carbocycles. The Balaban J connectivity index is 1.41. The molecule has 0 spiro atoms. The Bertz CT molecular complexity index is 1570. The number of aromatic nitrogens is 1. The number of fused-ring (bicyclic) bond motifs is 2. The van der Waals surface area contributed by atoms with Gasteiger partial charge in [0.2, 0.25) is 5.91 Å². The van der Waals surface area contributed by atoms with Gasteiger partial charge in [-0.05, 0) is 50.1 Å². The van der Waals surface area contributed by atoms with E-state index in [1.54, 1.807) is 47.4 Å². The molecule has 38 heavy (non-hydrogen) atoms. The summed E-state index contributed by atoms with van der Waals surface area (Å²) in [5, 5.41) is 4.37. The lowest BCUT2D eigenvalue weighted by Gasteiger charge is -2.26. The molecule has 2 aromatic carbocycles. The number of carbonyl (C=O) groups excluding carboxylic acids is 2. The summed E-state index contributed by atoms with van der Waals surface area (Å²) in [6.07, 6.45) is 0.0700. The second-order valence-corrected chi connectivity index (χ2v) is 13.2. The van der Waals surface area contributed by atoms with Crippen LogP contribution in [0.15, 0.2) is 53.4 Å². The number of anilines is 1. The van der Waals surface area contributed by atoms with Gasteiger partial charge in [-0.2, -0.15) is 0 Å². The van der Waals surface area contributed by atoms with Crippen LogP contribution in [0.3, 0.4) is 0 Å². The van der Waals surface area contributed by atoms with Gasteiger partial charge in [0, 0.05) is 23.4 Å². The van der Waals surface area contributed by atoms with Crippen molar-refractivity contribution in [2.24, 2.45) is 0 Å². The van der Waals surface area contributed by atoms with Gasteiger partial charge < -0.3 is 15.0 Å². The first-order valence-corrected chi connectivity index (χ1v) is 15.5. The van der Waals surface area contributed by atoms with Crippen LogP contribution in [0.1, 0.15) is 29.3 Å². The van der Waals surface area contributed by atoms with Gasteiger partial charge in [-0.15, -0.1) is 22.7 Å². The van der Waals surface area contributed by atoms with Crippen LogP contribution in [0.5, 0.6) is 0 Å². The molecule has 1 aliphatic rings. The van der Waals surface area contributed by atoms with E-state index in [9.17, 15) is 18.0 Å². The zero-order chi connectivity index (χ0) is 26.9. The Kier molecular flexibility index (Phi) is 7.51. The maximum atomic E-state index is 13.0. The summed E-state index contributed by atoms with van der Waals surface area (Å²) in [6.45, 7) is 4.85. The Morgan fingerprint density at radius 1 is 1.11 bits per heavy atom. The van der Waals surface area contributed by atoms with E-state index < -0.39 is 9.84 Å². The molecular formula is C27H27N3O5S3. The fourth-order valence-corrected chi connectivity index (χ4v) is 7.98. The quantitative estimate of drug-likeness (QED) is 0.308. The normalized spacial score (nSPS) is 13.4. The number of para-hydroxylation sites is 1. The maximum Gasteiger partial charge on any atom is 0.410 e. The van der Waals surface area contributed by atoms with Gasteiger partial charge in [0.05, 0.1) is 34.0 Å². The number of nitrogens with one attached hydrogen (secondary N) is 1. The Morgan fingerprint density at radius 2 is 1.87 bits per heavy atom. The van der Waals surface area contributed by atoms with E-state index in [0.29, 0.717) is 31.1 Å². The monoisotopic (exact) mass is 569 g/mol. The summed E-state index contributed by atoms with van der Waals surface area (Å²) in [4.78, 5) is 33.0. The van der Waals surface area contributed by atoms with E-state index in [1.807, 2.05) is 31.2 Å². The van der Waals surface area contributed by atoms with Crippen LogP contribution < -0.4 is 5.32 Å². The number of thiazole rings is 1. The summed E-state index contributed by atoms with van der Waals surface area (Å²) >= 11 is 2.94. The van der Waals surface area contributed by atoms with Crippen molar-refractivity contribution in [3.8, 4) is 10.6 Å². The van der Waals surface area contributed by atoms with Crippen molar-refractivity contribution >= 4 is 59.7 Å².